The van der Waals surface area contributed by atoms with Crippen molar-refractivity contribution in [1.82, 2.24) is 4.57 Å². The SMILES string of the molecule is C=C(C)/C=C/c1ccc2c(C(=O)O)cn(C)c2c1. The molecule has 18 heavy (non-hydrogen) atoms. The molecule has 0 aliphatic carbocycles. The highest BCUT2D eigenvalue weighted by Crippen LogP contribution is 2.22. The van der Waals surface area contributed by atoms with Crippen molar-refractivity contribution < 1.29 is 9.90 Å². The summed E-state index contributed by atoms with van der Waals surface area (Å²) in [6.45, 7) is 5.74. The number of aromatic nitrogens is 1. The van der Waals surface area contributed by atoms with Gasteiger partial charge in [0.25, 0.3) is 0 Å². The Bertz CT molecular complexity index is 662. The molecule has 3 nitrogen and oxygen atoms in total. The van der Waals surface area contributed by atoms with E-state index < -0.39 is 5.97 Å². The molecule has 1 N–H and O–H groups in total. The number of benzene rings is 1. The number of aromatic carboxylic acids is 1. The fourth-order valence-electron chi connectivity index (χ4n) is 1.91. The Hall–Kier alpha value is -2.29. The van der Waals surface area contributed by atoms with Crippen molar-refractivity contribution in [2.75, 3.05) is 0 Å². The van der Waals surface area contributed by atoms with Crippen LogP contribution in [0.2, 0.25) is 0 Å². The molecule has 0 atom stereocenters. The summed E-state index contributed by atoms with van der Waals surface area (Å²) in [4.78, 5) is 11.1. The number of fused-ring (bicyclic) bond motifs is 1. The fraction of sp³-hybridized carbons (Fsp3) is 0.133. The minimum Gasteiger partial charge on any atom is -0.478 e. The molecule has 1 aromatic heterocycles. The number of hydrogen-bond donors (Lipinski definition) is 1. The Morgan fingerprint density at radius 2 is 2.17 bits per heavy atom. The molecule has 92 valence electrons. The molecule has 0 bridgehead atoms. The first-order valence-electron chi connectivity index (χ1n) is 5.65. The summed E-state index contributed by atoms with van der Waals surface area (Å²) in [6.07, 6.45) is 5.54. The second kappa shape index (κ2) is 4.53. The van der Waals surface area contributed by atoms with E-state index in [0.29, 0.717) is 5.56 Å². The van der Waals surface area contributed by atoms with Gasteiger partial charge in [0.2, 0.25) is 0 Å². The molecular weight excluding hydrogens is 226 g/mol. The second-order valence-corrected chi connectivity index (χ2v) is 4.42. The number of allylic oxidation sites excluding steroid dienone is 2. The van der Waals surface area contributed by atoms with Crippen molar-refractivity contribution in [1.29, 1.82) is 0 Å². The van der Waals surface area contributed by atoms with E-state index in [1.807, 2.05) is 48.9 Å². The lowest BCUT2D eigenvalue weighted by atomic mass is 10.1. The van der Waals surface area contributed by atoms with Gasteiger partial charge in [0.1, 0.15) is 0 Å². The van der Waals surface area contributed by atoms with Crippen LogP contribution in [0.1, 0.15) is 22.8 Å². The quantitative estimate of drug-likeness (QED) is 0.836. The Labute approximate surface area is 106 Å². The number of hydrogen-bond acceptors (Lipinski definition) is 1. The van der Waals surface area contributed by atoms with E-state index in [0.717, 1.165) is 22.0 Å². The molecule has 0 saturated heterocycles. The third-order valence-electron chi connectivity index (χ3n) is 2.81. The number of carboxylic acid groups (broad SMARTS) is 1. The van der Waals surface area contributed by atoms with Crippen molar-refractivity contribution in [3.63, 3.8) is 0 Å². The molecule has 0 radical (unpaired) electrons. The summed E-state index contributed by atoms with van der Waals surface area (Å²) in [5.74, 6) is -0.897. The van der Waals surface area contributed by atoms with Crippen LogP contribution in [-0.2, 0) is 7.05 Å². The van der Waals surface area contributed by atoms with E-state index in [9.17, 15) is 4.79 Å². The first-order chi connectivity index (χ1) is 8.49. The highest BCUT2D eigenvalue weighted by Gasteiger charge is 2.12. The van der Waals surface area contributed by atoms with E-state index in [1.165, 1.54) is 0 Å². The average Bonchev–Trinajstić information content (AvgIpc) is 2.64. The van der Waals surface area contributed by atoms with Gasteiger partial charge in [-0.25, -0.2) is 4.79 Å². The zero-order valence-electron chi connectivity index (χ0n) is 10.5. The van der Waals surface area contributed by atoms with Crippen molar-refractivity contribution in [2.45, 2.75) is 6.92 Å². The molecule has 2 aromatic rings. The van der Waals surface area contributed by atoms with Gasteiger partial charge in [-0.3, -0.25) is 0 Å². The summed E-state index contributed by atoms with van der Waals surface area (Å²) < 4.78 is 1.83. The molecule has 1 heterocycles. The summed E-state index contributed by atoms with van der Waals surface area (Å²) in [5, 5.41) is 9.86. The number of carboxylic acids is 1. The standard InChI is InChI=1S/C15H15NO2/c1-10(2)4-5-11-6-7-12-13(15(17)18)9-16(3)14(12)8-11/h4-9H,1H2,2-3H3,(H,17,18)/b5-4+. The van der Waals surface area contributed by atoms with E-state index in [-0.39, 0.29) is 0 Å². The van der Waals surface area contributed by atoms with Crippen LogP contribution in [0.5, 0.6) is 0 Å². The van der Waals surface area contributed by atoms with Gasteiger partial charge in [-0.05, 0) is 18.6 Å². The van der Waals surface area contributed by atoms with Crippen LogP contribution in [0.15, 0.2) is 42.6 Å². The lowest BCUT2D eigenvalue weighted by Gasteiger charge is -1.98. The highest BCUT2D eigenvalue weighted by atomic mass is 16.4. The predicted molar refractivity (Wildman–Crippen MR) is 73.7 cm³/mol. The van der Waals surface area contributed by atoms with Gasteiger partial charge in [-0.15, -0.1) is 0 Å². The normalized spacial score (nSPS) is 11.2. The Morgan fingerprint density at radius 1 is 1.44 bits per heavy atom. The maximum absolute atomic E-state index is 11.1. The minimum atomic E-state index is -0.897. The molecule has 1 aromatic carbocycles. The summed E-state index contributed by atoms with van der Waals surface area (Å²) in [5.41, 5.74) is 3.26. The van der Waals surface area contributed by atoms with Crippen LogP contribution in [0, 0.1) is 0 Å². The Morgan fingerprint density at radius 3 is 2.78 bits per heavy atom. The minimum absolute atomic E-state index is 0.336. The van der Waals surface area contributed by atoms with Crippen LogP contribution in [0.4, 0.5) is 0 Å². The summed E-state index contributed by atoms with van der Waals surface area (Å²) in [7, 11) is 1.85. The van der Waals surface area contributed by atoms with Gasteiger partial charge in [-0.2, -0.15) is 0 Å². The van der Waals surface area contributed by atoms with Crippen LogP contribution < -0.4 is 0 Å². The van der Waals surface area contributed by atoms with Gasteiger partial charge < -0.3 is 9.67 Å². The maximum atomic E-state index is 11.1. The number of carbonyl (C=O) groups is 1. The zero-order chi connectivity index (χ0) is 13.3. The molecule has 0 spiro atoms. The zero-order valence-corrected chi connectivity index (χ0v) is 10.5. The third-order valence-corrected chi connectivity index (χ3v) is 2.81. The molecule has 0 aliphatic rings. The first kappa shape index (κ1) is 12.2. The van der Waals surface area contributed by atoms with Gasteiger partial charge in [0.15, 0.2) is 0 Å². The Balaban J connectivity index is 2.56. The topological polar surface area (TPSA) is 42.2 Å². The molecule has 3 heteroatoms. The van der Waals surface area contributed by atoms with Crippen LogP contribution >= 0.6 is 0 Å². The van der Waals surface area contributed by atoms with Crippen molar-refractivity contribution in [2.24, 2.45) is 7.05 Å². The smallest absolute Gasteiger partial charge is 0.337 e. The van der Waals surface area contributed by atoms with Crippen LogP contribution in [0.3, 0.4) is 0 Å². The first-order valence-corrected chi connectivity index (χ1v) is 5.65. The number of nitrogens with zero attached hydrogens (tertiary/aromatic N) is 1. The average molecular weight is 241 g/mol. The predicted octanol–water partition coefficient (Wildman–Crippen LogP) is 3.47. The van der Waals surface area contributed by atoms with Gasteiger partial charge in [0.05, 0.1) is 5.56 Å². The van der Waals surface area contributed by atoms with Crippen molar-refractivity contribution >= 4 is 22.9 Å². The van der Waals surface area contributed by atoms with Crippen molar-refractivity contribution in [3.05, 3.63) is 53.8 Å². The van der Waals surface area contributed by atoms with E-state index in [1.54, 1.807) is 6.20 Å². The van der Waals surface area contributed by atoms with E-state index in [2.05, 4.69) is 6.58 Å². The molecule has 0 saturated carbocycles. The Kier molecular flexibility index (Phi) is 3.06. The second-order valence-electron chi connectivity index (χ2n) is 4.42. The highest BCUT2D eigenvalue weighted by molar-refractivity contribution is 6.03. The third kappa shape index (κ3) is 2.20. The summed E-state index contributed by atoms with van der Waals surface area (Å²) in [6, 6.07) is 5.73. The van der Waals surface area contributed by atoms with Crippen LogP contribution in [-0.4, -0.2) is 15.6 Å². The fourth-order valence-corrected chi connectivity index (χ4v) is 1.91. The molecule has 0 amide bonds. The van der Waals surface area contributed by atoms with Crippen molar-refractivity contribution in [3.8, 4) is 0 Å². The number of aryl methyl sites for hydroxylation is 1. The van der Waals surface area contributed by atoms with Gasteiger partial charge in [-0.1, -0.05) is 36.4 Å². The molecule has 0 fully saturated rings. The maximum Gasteiger partial charge on any atom is 0.337 e. The van der Waals surface area contributed by atoms with Gasteiger partial charge in [0, 0.05) is 24.1 Å². The lowest BCUT2D eigenvalue weighted by Crippen LogP contribution is -1.93. The van der Waals surface area contributed by atoms with E-state index in [4.69, 9.17) is 5.11 Å². The molecular formula is C15H15NO2. The molecule has 0 unspecified atom stereocenters. The number of rotatable bonds is 3. The lowest BCUT2D eigenvalue weighted by molar-refractivity contribution is 0.0699. The monoisotopic (exact) mass is 241 g/mol. The molecule has 2 rings (SSSR count). The molecule has 0 aliphatic heterocycles. The summed E-state index contributed by atoms with van der Waals surface area (Å²) >= 11 is 0. The largest absolute Gasteiger partial charge is 0.478 e. The van der Waals surface area contributed by atoms with E-state index >= 15 is 0 Å². The van der Waals surface area contributed by atoms with Crippen LogP contribution in [0.25, 0.3) is 17.0 Å². The van der Waals surface area contributed by atoms with Gasteiger partial charge >= 0.3 is 5.97 Å².